The Morgan fingerprint density at radius 3 is 2.62 bits per heavy atom. The highest BCUT2D eigenvalue weighted by Crippen LogP contribution is 2.17. The summed E-state index contributed by atoms with van der Waals surface area (Å²) in [4.78, 5) is 0. The molecule has 0 atom stereocenters. The first-order chi connectivity index (χ1) is 6.13. The lowest BCUT2D eigenvalue weighted by Gasteiger charge is -2.14. The molecule has 0 radical (unpaired) electrons. The van der Waals surface area contributed by atoms with Gasteiger partial charge >= 0.3 is 0 Å². The van der Waals surface area contributed by atoms with Gasteiger partial charge in [-0.15, -0.1) is 0 Å². The van der Waals surface area contributed by atoms with Crippen molar-refractivity contribution in [1.82, 2.24) is 0 Å². The number of nitrogens with two attached hydrogens (primary N) is 1. The van der Waals surface area contributed by atoms with Gasteiger partial charge in [0.2, 0.25) is 0 Å². The zero-order chi connectivity index (χ0) is 9.84. The van der Waals surface area contributed by atoms with Gasteiger partial charge in [0.15, 0.2) is 0 Å². The summed E-state index contributed by atoms with van der Waals surface area (Å²) in [5.41, 5.74) is 9.24. The van der Waals surface area contributed by atoms with E-state index in [1.165, 1.54) is 11.1 Å². The Bertz CT molecular complexity index is 279. The van der Waals surface area contributed by atoms with E-state index in [1.807, 2.05) is 0 Å². The summed E-state index contributed by atoms with van der Waals surface area (Å²) < 4.78 is 0. The Hall–Kier alpha value is -1.02. The summed E-state index contributed by atoms with van der Waals surface area (Å²) in [7, 11) is 0. The van der Waals surface area contributed by atoms with Gasteiger partial charge in [0.1, 0.15) is 0 Å². The second-order valence-corrected chi connectivity index (χ2v) is 3.66. The van der Waals surface area contributed by atoms with E-state index in [1.54, 1.807) is 0 Å². The third-order valence-electron chi connectivity index (χ3n) is 1.93. The van der Waals surface area contributed by atoms with Crippen LogP contribution in [-0.4, -0.2) is 6.04 Å². The van der Waals surface area contributed by atoms with Crippen molar-refractivity contribution in [2.45, 2.75) is 33.4 Å². The first-order valence-electron chi connectivity index (χ1n) is 4.69. The van der Waals surface area contributed by atoms with E-state index < -0.39 is 0 Å². The smallest absolute Gasteiger partial charge is 0.0390 e. The fourth-order valence-electron chi connectivity index (χ4n) is 1.31. The minimum atomic E-state index is 0.451. The van der Waals surface area contributed by atoms with Crippen LogP contribution < -0.4 is 11.1 Å². The van der Waals surface area contributed by atoms with Crippen molar-refractivity contribution in [1.29, 1.82) is 0 Å². The van der Waals surface area contributed by atoms with Gasteiger partial charge in [-0.2, -0.15) is 0 Å². The van der Waals surface area contributed by atoms with Crippen LogP contribution in [0, 0.1) is 6.92 Å². The summed E-state index contributed by atoms with van der Waals surface area (Å²) in [6.07, 6.45) is 0. The molecule has 3 N–H and O–H groups in total. The average molecular weight is 178 g/mol. The maximum absolute atomic E-state index is 5.64. The van der Waals surface area contributed by atoms with E-state index in [9.17, 15) is 0 Å². The molecule has 1 aromatic rings. The van der Waals surface area contributed by atoms with Crippen LogP contribution in [-0.2, 0) is 6.54 Å². The fourth-order valence-corrected chi connectivity index (χ4v) is 1.31. The second kappa shape index (κ2) is 4.28. The van der Waals surface area contributed by atoms with E-state index in [0.29, 0.717) is 12.6 Å². The SMILES string of the molecule is Cc1ccc(CN)c(NC(C)C)c1. The Morgan fingerprint density at radius 1 is 1.38 bits per heavy atom. The number of hydrogen-bond donors (Lipinski definition) is 2. The van der Waals surface area contributed by atoms with Gasteiger partial charge in [0, 0.05) is 18.3 Å². The molecule has 0 saturated carbocycles. The third-order valence-corrected chi connectivity index (χ3v) is 1.93. The van der Waals surface area contributed by atoms with Gasteiger partial charge < -0.3 is 11.1 Å². The van der Waals surface area contributed by atoms with Gasteiger partial charge in [-0.1, -0.05) is 12.1 Å². The van der Waals surface area contributed by atoms with E-state index >= 15 is 0 Å². The van der Waals surface area contributed by atoms with Crippen LogP contribution in [0.15, 0.2) is 18.2 Å². The molecule has 72 valence electrons. The summed E-state index contributed by atoms with van der Waals surface area (Å²) in [6, 6.07) is 6.77. The first-order valence-corrected chi connectivity index (χ1v) is 4.69. The van der Waals surface area contributed by atoms with Gasteiger partial charge in [-0.3, -0.25) is 0 Å². The van der Waals surface area contributed by atoms with Crippen LogP contribution in [0.3, 0.4) is 0 Å². The first kappa shape index (κ1) is 10.1. The number of nitrogens with one attached hydrogen (secondary N) is 1. The molecule has 1 aromatic carbocycles. The minimum absolute atomic E-state index is 0.451. The molecule has 0 aliphatic rings. The summed E-state index contributed by atoms with van der Waals surface area (Å²) >= 11 is 0. The van der Waals surface area contributed by atoms with Crippen LogP contribution in [0.4, 0.5) is 5.69 Å². The van der Waals surface area contributed by atoms with Crippen molar-refractivity contribution in [3.05, 3.63) is 29.3 Å². The van der Waals surface area contributed by atoms with Crippen LogP contribution in [0.2, 0.25) is 0 Å². The lowest BCUT2D eigenvalue weighted by molar-refractivity contribution is 0.891. The Kier molecular flexibility index (Phi) is 3.32. The molecule has 0 amide bonds. The quantitative estimate of drug-likeness (QED) is 0.745. The number of benzene rings is 1. The van der Waals surface area contributed by atoms with E-state index in [2.05, 4.69) is 44.3 Å². The second-order valence-electron chi connectivity index (χ2n) is 3.66. The lowest BCUT2D eigenvalue weighted by Crippen LogP contribution is -2.12. The molecule has 0 heterocycles. The highest BCUT2D eigenvalue weighted by Gasteiger charge is 2.01. The zero-order valence-corrected chi connectivity index (χ0v) is 8.59. The summed E-state index contributed by atoms with van der Waals surface area (Å²) in [5.74, 6) is 0. The number of aryl methyl sites for hydroxylation is 1. The van der Waals surface area contributed by atoms with Crippen molar-refractivity contribution in [2.75, 3.05) is 5.32 Å². The third kappa shape index (κ3) is 2.74. The molecular formula is C11H18N2. The van der Waals surface area contributed by atoms with Crippen molar-refractivity contribution in [3.8, 4) is 0 Å². The molecule has 0 aliphatic heterocycles. The normalized spacial score (nSPS) is 10.5. The van der Waals surface area contributed by atoms with E-state index in [0.717, 1.165) is 5.69 Å². The Morgan fingerprint density at radius 2 is 2.08 bits per heavy atom. The largest absolute Gasteiger partial charge is 0.383 e. The maximum atomic E-state index is 5.64. The molecule has 1 rings (SSSR count). The lowest BCUT2D eigenvalue weighted by atomic mass is 10.1. The van der Waals surface area contributed by atoms with Crippen LogP contribution in [0.25, 0.3) is 0 Å². The molecule has 0 aromatic heterocycles. The maximum Gasteiger partial charge on any atom is 0.0390 e. The van der Waals surface area contributed by atoms with Gasteiger partial charge in [-0.05, 0) is 38.0 Å². The molecular weight excluding hydrogens is 160 g/mol. The Labute approximate surface area is 80.1 Å². The van der Waals surface area contributed by atoms with Crippen LogP contribution >= 0.6 is 0 Å². The number of hydrogen-bond acceptors (Lipinski definition) is 2. The summed E-state index contributed by atoms with van der Waals surface area (Å²) in [5, 5.41) is 3.39. The van der Waals surface area contributed by atoms with Crippen molar-refractivity contribution in [3.63, 3.8) is 0 Å². The van der Waals surface area contributed by atoms with E-state index in [-0.39, 0.29) is 0 Å². The number of anilines is 1. The molecule has 2 heteroatoms. The monoisotopic (exact) mass is 178 g/mol. The van der Waals surface area contributed by atoms with Crippen molar-refractivity contribution >= 4 is 5.69 Å². The van der Waals surface area contributed by atoms with Crippen LogP contribution in [0.1, 0.15) is 25.0 Å². The standard InChI is InChI=1S/C11H18N2/c1-8(2)13-11-6-9(3)4-5-10(11)7-12/h4-6,8,13H,7,12H2,1-3H3. The fraction of sp³-hybridized carbons (Fsp3) is 0.455. The molecule has 0 spiro atoms. The molecule has 2 nitrogen and oxygen atoms in total. The molecule has 0 bridgehead atoms. The number of rotatable bonds is 3. The summed E-state index contributed by atoms with van der Waals surface area (Å²) in [6.45, 7) is 6.94. The zero-order valence-electron chi connectivity index (χ0n) is 8.59. The minimum Gasteiger partial charge on any atom is -0.383 e. The molecule has 0 unspecified atom stereocenters. The average Bonchev–Trinajstić information content (AvgIpc) is 2.03. The van der Waals surface area contributed by atoms with Crippen LogP contribution in [0.5, 0.6) is 0 Å². The molecule has 0 aliphatic carbocycles. The Balaban J connectivity index is 2.94. The molecule has 0 fully saturated rings. The van der Waals surface area contributed by atoms with Crippen molar-refractivity contribution < 1.29 is 0 Å². The van der Waals surface area contributed by atoms with Gasteiger partial charge in [-0.25, -0.2) is 0 Å². The molecule has 0 saturated heterocycles. The predicted octanol–water partition coefficient (Wildman–Crippen LogP) is 2.27. The molecule has 13 heavy (non-hydrogen) atoms. The van der Waals surface area contributed by atoms with E-state index in [4.69, 9.17) is 5.73 Å². The highest BCUT2D eigenvalue weighted by atomic mass is 14.9. The topological polar surface area (TPSA) is 38.0 Å². The predicted molar refractivity (Wildman–Crippen MR) is 57.8 cm³/mol. The van der Waals surface area contributed by atoms with Gasteiger partial charge in [0.25, 0.3) is 0 Å². The van der Waals surface area contributed by atoms with Gasteiger partial charge in [0.05, 0.1) is 0 Å². The van der Waals surface area contributed by atoms with Crippen molar-refractivity contribution in [2.24, 2.45) is 5.73 Å². The highest BCUT2D eigenvalue weighted by molar-refractivity contribution is 5.53.